The Labute approximate surface area is 270 Å². The van der Waals surface area contributed by atoms with Gasteiger partial charge in [-0.05, 0) is 65.2 Å². The fraction of sp³-hybridized carbons (Fsp3) is 0.214. The maximum Gasteiger partial charge on any atom is 0.328 e. The molecule has 0 spiro atoms. The second-order valence-corrected chi connectivity index (χ2v) is 11.4. The van der Waals surface area contributed by atoms with Crippen LogP contribution in [-0.2, 0) is 16.1 Å². The number of amides is 2. The van der Waals surface area contributed by atoms with E-state index >= 15 is 0 Å². The standard InChI is InChI=1S/C28H29ClN12O4S/c1-45-27(44)18(3-2-10-33-25(42)15-6-5-14(30)11-16(15)24-38-40-41-39-24)35-26(43)19-8-9-20(46-19)34-12-13-4-7-17-21(22(13)29)23(31)37-28(32)36-17/h4-9,11,18,34H,2-3,10,12,30H2,1H3,(H,33,42)(H,35,43)(H4,31,32,36,37)(H,38,39,40,41)/t18-/m0/s1. The lowest BCUT2D eigenvalue weighted by Crippen LogP contribution is -2.41. The van der Waals surface area contributed by atoms with Gasteiger partial charge < -0.3 is 37.9 Å². The molecule has 238 valence electrons. The smallest absolute Gasteiger partial charge is 0.328 e. The Hall–Kier alpha value is -5.55. The van der Waals surface area contributed by atoms with Gasteiger partial charge in [-0.2, -0.15) is 4.98 Å². The number of aromatic nitrogens is 6. The summed E-state index contributed by atoms with van der Waals surface area (Å²) in [6, 6.07) is 10.8. The minimum atomic E-state index is -0.932. The molecule has 10 N–H and O–H groups in total. The third-order valence-electron chi connectivity index (χ3n) is 6.84. The van der Waals surface area contributed by atoms with E-state index in [4.69, 9.17) is 33.5 Å². The van der Waals surface area contributed by atoms with Crippen LogP contribution in [0.15, 0.2) is 42.5 Å². The van der Waals surface area contributed by atoms with Gasteiger partial charge in [0.2, 0.25) is 5.95 Å². The van der Waals surface area contributed by atoms with E-state index in [0.29, 0.717) is 61.4 Å². The molecule has 0 aliphatic carbocycles. The number of rotatable bonds is 12. The molecule has 0 radical (unpaired) electrons. The van der Waals surface area contributed by atoms with Crippen molar-refractivity contribution in [1.82, 2.24) is 41.2 Å². The monoisotopic (exact) mass is 664 g/mol. The highest BCUT2D eigenvalue weighted by atomic mass is 35.5. The SMILES string of the molecule is COC(=O)[C@H](CCCNC(=O)c1ccc(N)cc1-c1nnn[nH]1)NC(=O)c1ccc(NCc2ccc3nc(N)nc(N)c3c2Cl)s1. The number of hydrogen-bond acceptors (Lipinski definition) is 14. The number of carbonyl (C=O) groups excluding carboxylic acids is 3. The number of halogens is 1. The Bertz CT molecular complexity index is 1900. The number of anilines is 4. The van der Waals surface area contributed by atoms with Gasteiger partial charge >= 0.3 is 5.97 Å². The number of esters is 1. The number of ether oxygens (including phenoxy) is 1. The average Bonchev–Trinajstić information content (AvgIpc) is 3.74. The first-order valence-corrected chi connectivity index (χ1v) is 15.0. The molecular formula is C28H29ClN12O4S. The molecule has 0 saturated carbocycles. The molecule has 16 nitrogen and oxygen atoms in total. The molecule has 5 rings (SSSR count). The molecule has 0 aliphatic heterocycles. The van der Waals surface area contributed by atoms with Gasteiger partial charge in [0.25, 0.3) is 11.8 Å². The molecule has 0 aliphatic rings. The molecule has 18 heteroatoms. The van der Waals surface area contributed by atoms with E-state index in [-0.39, 0.29) is 30.6 Å². The van der Waals surface area contributed by atoms with Crippen molar-refractivity contribution in [3.05, 3.63) is 63.5 Å². The van der Waals surface area contributed by atoms with Gasteiger partial charge in [-0.15, -0.1) is 16.4 Å². The largest absolute Gasteiger partial charge is 0.467 e. The molecule has 1 atom stereocenters. The topological polar surface area (TPSA) is 255 Å². The predicted molar refractivity (Wildman–Crippen MR) is 174 cm³/mol. The van der Waals surface area contributed by atoms with E-state index in [2.05, 4.69) is 46.5 Å². The van der Waals surface area contributed by atoms with Crippen LogP contribution in [0.25, 0.3) is 22.3 Å². The van der Waals surface area contributed by atoms with E-state index in [1.165, 1.54) is 18.4 Å². The van der Waals surface area contributed by atoms with E-state index in [9.17, 15) is 14.4 Å². The number of H-pyrrole nitrogens is 1. The number of thiophene rings is 1. The highest BCUT2D eigenvalue weighted by Gasteiger charge is 2.23. The summed E-state index contributed by atoms with van der Waals surface area (Å²) >= 11 is 7.77. The summed E-state index contributed by atoms with van der Waals surface area (Å²) in [5.41, 5.74) is 20.0. The van der Waals surface area contributed by atoms with E-state index in [1.807, 2.05) is 0 Å². The molecule has 0 unspecified atom stereocenters. The first kappa shape index (κ1) is 31.9. The number of hydrogen-bond donors (Lipinski definition) is 7. The Kier molecular flexibility index (Phi) is 9.73. The number of nitrogens with zero attached hydrogens (tertiary/aromatic N) is 5. The van der Waals surface area contributed by atoms with Crippen LogP contribution < -0.4 is 33.2 Å². The van der Waals surface area contributed by atoms with Crippen molar-refractivity contribution in [3.8, 4) is 11.4 Å². The Balaban J connectivity index is 1.15. The van der Waals surface area contributed by atoms with Crippen LogP contribution in [0.3, 0.4) is 0 Å². The molecule has 0 bridgehead atoms. The number of nitrogen functional groups attached to an aromatic ring is 3. The Morgan fingerprint density at radius 2 is 1.89 bits per heavy atom. The first-order valence-electron chi connectivity index (χ1n) is 13.8. The maximum atomic E-state index is 13.0. The minimum absolute atomic E-state index is 0.0586. The van der Waals surface area contributed by atoms with Gasteiger partial charge in [-0.3, -0.25) is 9.59 Å². The van der Waals surface area contributed by atoms with Gasteiger partial charge in [0, 0.05) is 24.3 Å². The van der Waals surface area contributed by atoms with E-state index in [0.717, 1.165) is 5.56 Å². The zero-order valence-corrected chi connectivity index (χ0v) is 25.9. The summed E-state index contributed by atoms with van der Waals surface area (Å²) in [4.78, 5) is 46.9. The Morgan fingerprint density at radius 3 is 2.65 bits per heavy atom. The third-order valence-corrected chi connectivity index (χ3v) is 8.32. The zero-order chi connectivity index (χ0) is 32.8. The lowest BCUT2D eigenvalue weighted by Gasteiger charge is -2.16. The molecule has 0 fully saturated rings. The first-order chi connectivity index (χ1) is 22.1. The number of nitrogens with two attached hydrogens (primary N) is 3. The summed E-state index contributed by atoms with van der Waals surface area (Å²) in [7, 11) is 1.24. The van der Waals surface area contributed by atoms with E-state index in [1.54, 1.807) is 42.5 Å². The minimum Gasteiger partial charge on any atom is -0.467 e. The summed E-state index contributed by atoms with van der Waals surface area (Å²) in [6.07, 6.45) is 0.584. The number of methoxy groups -OCH3 is 1. The van der Waals surface area contributed by atoms with Crippen LogP contribution in [0.1, 0.15) is 38.4 Å². The second-order valence-electron chi connectivity index (χ2n) is 9.92. The molecule has 46 heavy (non-hydrogen) atoms. The number of benzene rings is 2. The normalized spacial score (nSPS) is 11.6. The molecule has 0 saturated heterocycles. The van der Waals surface area contributed by atoms with Crippen LogP contribution in [-0.4, -0.2) is 68.1 Å². The number of nitrogens with one attached hydrogen (secondary N) is 4. The van der Waals surface area contributed by atoms with Gasteiger partial charge in [-0.25, -0.2) is 14.9 Å². The molecule has 3 aromatic heterocycles. The molecule has 2 amide bonds. The number of tetrazole rings is 1. The van der Waals surface area contributed by atoms with Crippen molar-refractivity contribution in [2.75, 3.05) is 36.2 Å². The van der Waals surface area contributed by atoms with Gasteiger partial charge in [0.1, 0.15) is 11.9 Å². The molecule has 5 aromatic rings. The lowest BCUT2D eigenvalue weighted by molar-refractivity contribution is -0.143. The van der Waals surface area contributed by atoms with E-state index < -0.39 is 17.9 Å². The van der Waals surface area contributed by atoms with Crippen LogP contribution in [0.2, 0.25) is 5.02 Å². The predicted octanol–water partition coefficient (Wildman–Crippen LogP) is 2.37. The van der Waals surface area contributed by atoms with Gasteiger partial charge in [-0.1, -0.05) is 17.7 Å². The fourth-order valence-electron chi connectivity index (χ4n) is 4.60. The van der Waals surface area contributed by atoms with Crippen molar-refractivity contribution in [2.24, 2.45) is 0 Å². The number of aromatic amines is 1. The average molecular weight is 665 g/mol. The molecule has 2 aromatic carbocycles. The summed E-state index contributed by atoms with van der Waals surface area (Å²) in [5, 5.41) is 23.9. The van der Waals surface area contributed by atoms with Crippen LogP contribution >= 0.6 is 22.9 Å². The van der Waals surface area contributed by atoms with Gasteiger partial charge in [0.15, 0.2) is 5.82 Å². The number of carbonyl (C=O) groups is 3. The highest BCUT2D eigenvalue weighted by molar-refractivity contribution is 7.17. The second kappa shape index (κ2) is 14.0. The third kappa shape index (κ3) is 7.22. The zero-order valence-electron chi connectivity index (χ0n) is 24.3. The quantitative estimate of drug-likeness (QED) is 0.0575. The summed E-state index contributed by atoms with van der Waals surface area (Å²) in [5.74, 6) is -0.899. The van der Waals surface area contributed by atoms with Crippen molar-refractivity contribution < 1.29 is 19.1 Å². The summed E-state index contributed by atoms with van der Waals surface area (Å²) < 4.78 is 4.89. The van der Waals surface area contributed by atoms with Crippen molar-refractivity contribution in [1.29, 1.82) is 0 Å². The molecule has 3 heterocycles. The highest BCUT2D eigenvalue weighted by Crippen LogP contribution is 2.31. The molecular weight excluding hydrogens is 636 g/mol. The van der Waals surface area contributed by atoms with Crippen molar-refractivity contribution >= 4 is 74.1 Å². The van der Waals surface area contributed by atoms with Gasteiger partial charge in [0.05, 0.1) is 38.5 Å². The van der Waals surface area contributed by atoms with Crippen LogP contribution in [0, 0.1) is 0 Å². The lowest BCUT2D eigenvalue weighted by atomic mass is 10.0. The maximum absolute atomic E-state index is 13.0. The number of fused-ring (bicyclic) bond motifs is 1. The van der Waals surface area contributed by atoms with Crippen LogP contribution in [0.5, 0.6) is 0 Å². The van der Waals surface area contributed by atoms with Crippen molar-refractivity contribution in [3.63, 3.8) is 0 Å². The van der Waals surface area contributed by atoms with Crippen LogP contribution in [0.4, 0.5) is 22.5 Å². The summed E-state index contributed by atoms with van der Waals surface area (Å²) in [6.45, 7) is 0.556. The van der Waals surface area contributed by atoms with Crippen molar-refractivity contribution in [2.45, 2.75) is 25.4 Å². The Morgan fingerprint density at radius 1 is 1.07 bits per heavy atom. The fourth-order valence-corrected chi connectivity index (χ4v) is 5.73.